The number of hydrogen-bond donors (Lipinski definition) is 0. The fraction of sp³-hybridized carbons (Fsp3) is 0.667. The molecule has 0 N–H and O–H groups in total. The van der Waals surface area contributed by atoms with Crippen molar-refractivity contribution in [2.24, 2.45) is 0 Å². The molecule has 0 aromatic rings. The van der Waals surface area contributed by atoms with Crippen LogP contribution in [0.25, 0.3) is 0 Å². The molecule has 0 radical (unpaired) electrons. The first-order valence-corrected chi connectivity index (χ1v) is 4.17. The van der Waals surface area contributed by atoms with E-state index in [1.807, 2.05) is 0 Å². The van der Waals surface area contributed by atoms with Crippen LogP contribution in [0.5, 0.6) is 0 Å². The van der Waals surface area contributed by atoms with E-state index in [0.29, 0.717) is 17.3 Å². The molecule has 52 valence electrons. The SMILES string of the molecule is C#CCBr.ClCC1CO1. The lowest BCUT2D eigenvalue weighted by molar-refractivity contribution is 0.425. The lowest BCUT2D eigenvalue weighted by atomic mass is 10.6. The summed E-state index contributed by atoms with van der Waals surface area (Å²) in [5, 5.41) is 0.660. The van der Waals surface area contributed by atoms with E-state index in [-0.39, 0.29) is 0 Å². The molecule has 1 atom stereocenters. The summed E-state index contributed by atoms with van der Waals surface area (Å²) in [4.78, 5) is 0. The zero-order valence-corrected chi connectivity index (χ0v) is 7.28. The highest BCUT2D eigenvalue weighted by molar-refractivity contribution is 9.09. The van der Waals surface area contributed by atoms with E-state index in [1.165, 1.54) is 0 Å². The summed E-state index contributed by atoms with van der Waals surface area (Å²) in [6.45, 7) is 0.878. The van der Waals surface area contributed by atoms with E-state index >= 15 is 0 Å². The second kappa shape index (κ2) is 6.41. The third-order valence-electron chi connectivity index (χ3n) is 0.652. The highest BCUT2D eigenvalue weighted by atomic mass is 79.9. The van der Waals surface area contributed by atoms with Crippen LogP contribution < -0.4 is 0 Å². The predicted octanol–water partition coefficient (Wildman–Crippen LogP) is 1.64. The standard InChI is InChI=1S/C3H3Br.C3H5ClO/c1-2-3-4;4-1-3-2-5-3/h1H,3H2;3H,1-2H2. The summed E-state index contributed by atoms with van der Waals surface area (Å²) in [5.74, 6) is 3.01. The average Bonchev–Trinajstić information content (AvgIpc) is 2.70. The van der Waals surface area contributed by atoms with Crippen molar-refractivity contribution in [1.82, 2.24) is 0 Å². The Morgan fingerprint density at radius 2 is 2.33 bits per heavy atom. The van der Waals surface area contributed by atoms with Crippen molar-refractivity contribution in [3.8, 4) is 12.3 Å². The highest BCUT2D eigenvalue weighted by Crippen LogP contribution is 2.08. The molecule has 1 rings (SSSR count). The summed E-state index contributed by atoms with van der Waals surface area (Å²) in [5.41, 5.74) is 0. The molecule has 1 aliphatic heterocycles. The quantitative estimate of drug-likeness (QED) is 0.365. The summed E-state index contributed by atoms with van der Waals surface area (Å²) in [6, 6.07) is 0. The molecule has 1 nitrogen and oxygen atoms in total. The maximum atomic E-state index is 5.27. The van der Waals surface area contributed by atoms with Crippen LogP contribution >= 0.6 is 27.5 Å². The van der Waals surface area contributed by atoms with Gasteiger partial charge in [-0.05, 0) is 0 Å². The lowest BCUT2D eigenvalue weighted by Gasteiger charge is -1.67. The summed E-state index contributed by atoms with van der Waals surface area (Å²) in [6.07, 6.45) is 5.13. The first kappa shape index (κ1) is 9.29. The minimum Gasteiger partial charge on any atom is -0.372 e. The zero-order chi connectivity index (χ0) is 7.11. The van der Waals surface area contributed by atoms with Crippen molar-refractivity contribution in [1.29, 1.82) is 0 Å². The van der Waals surface area contributed by atoms with Crippen molar-refractivity contribution in [3.63, 3.8) is 0 Å². The molecule has 0 aromatic carbocycles. The number of terminal acetylenes is 1. The molecule has 0 saturated carbocycles. The van der Waals surface area contributed by atoms with Crippen molar-refractivity contribution in [3.05, 3.63) is 0 Å². The normalized spacial score (nSPS) is 21.2. The molecular weight excluding hydrogens is 203 g/mol. The molecule has 0 amide bonds. The first-order valence-electron chi connectivity index (χ1n) is 2.52. The van der Waals surface area contributed by atoms with Crippen LogP contribution in [-0.4, -0.2) is 23.9 Å². The van der Waals surface area contributed by atoms with Gasteiger partial charge in [-0.15, -0.1) is 18.0 Å². The van der Waals surface area contributed by atoms with Crippen molar-refractivity contribution in [2.75, 3.05) is 17.8 Å². The van der Waals surface area contributed by atoms with Gasteiger partial charge >= 0.3 is 0 Å². The molecule has 9 heavy (non-hydrogen) atoms. The number of epoxide rings is 1. The Hall–Kier alpha value is 0.290. The van der Waals surface area contributed by atoms with Gasteiger partial charge in [-0.3, -0.25) is 0 Å². The molecule has 1 fully saturated rings. The lowest BCUT2D eigenvalue weighted by Crippen LogP contribution is -1.80. The molecule has 3 heteroatoms. The first-order chi connectivity index (χ1) is 4.35. The van der Waals surface area contributed by atoms with Crippen molar-refractivity contribution >= 4 is 27.5 Å². The Balaban J connectivity index is 0.000000148. The van der Waals surface area contributed by atoms with E-state index < -0.39 is 0 Å². The summed E-state index contributed by atoms with van der Waals surface area (Å²) < 4.78 is 4.73. The number of alkyl halides is 2. The van der Waals surface area contributed by atoms with Gasteiger partial charge in [0.05, 0.1) is 23.9 Å². The molecule has 0 bridgehead atoms. The Bertz CT molecular complexity index is 95.7. The van der Waals surface area contributed by atoms with E-state index in [1.54, 1.807) is 0 Å². The number of ether oxygens (including phenoxy) is 1. The van der Waals surface area contributed by atoms with E-state index in [2.05, 4.69) is 21.9 Å². The van der Waals surface area contributed by atoms with Gasteiger partial charge in [0.25, 0.3) is 0 Å². The third kappa shape index (κ3) is 8.29. The molecule has 1 saturated heterocycles. The van der Waals surface area contributed by atoms with E-state index in [4.69, 9.17) is 22.8 Å². The third-order valence-corrected chi connectivity index (χ3v) is 1.32. The van der Waals surface area contributed by atoms with Crippen molar-refractivity contribution in [2.45, 2.75) is 6.10 Å². The minimum atomic E-state index is 0.400. The monoisotopic (exact) mass is 210 g/mol. The van der Waals surface area contributed by atoms with Crippen LogP contribution in [-0.2, 0) is 4.74 Å². The van der Waals surface area contributed by atoms with Gasteiger partial charge in [-0.2, -0.15) is 0 Å². The van der Waals surface area contributed by atoms with E-state index in [9.17, 15) is 0 Å². The maximum Gasteiger partial charge on any atom is 0.0944 e. The van der Waals surface area contributed by atoms with Gasteiger partial charge in [0.1, 0.15) is 0 Å². The van der Waals surface area contributed by atoms with Gasteiger partial charge in [-0.1, -0.05) is 21.9 Å². The average molecular weight is 211 g/mol. The van der Waals surface area contributed by atoms with Gasteiger partial charge in [-0.25, -0.2) is 0 Å². The summed E-state index contributed by atoms with van der Waals surface area (Å²) >= 11 is 8.29. The van der Waals surface area contributed by atoms with Gasteiger partial charge < -0.3 is 4.74 Å². The smallest absolute Gasteiger partial charge is 0.0944 e. The Kier molecular flexibility index (Phi) is 6.62. The van der Waals surface area contributed by atoms with Crippen LogP contribution in [0.1, 0.15) is 0 Å². The van der Waals surface area contributed by atoms with Crippen LogP contribution in [0.4, 0.5) is 0 Å². The van der Waals surface area contributed by atoms with E-state index in [0.717, 1.165) is 6.61 Å². The maximum absolute atomic E-state index is 5.27. The Morgan fingerprint density at radius 3 is 2.33 bits per heavy atom. The number of halogens is 2. The molecule has 1 unspecified atom stereocenters. The second-order valence-electron chi connectivity index (χ2n) is 1.45. The van der Waals surface area contributed by atoms with Crippen LogP contribution in [0.3, 0.4) is 0 Å². The van der Waals surface area contributed by atoms with Crippen molar-refractivity contribution < 1.29 is 4.74 Å². The zero-order valence-electron chi connectivity index (χ0n) is 4.94. The Morgan fingerprint density at radius 1 is 1.89 bits per heavy atom. The van der Waals surface area contributed by atoms with Crippen LogP contribution in [0.2, 0.25) is 0 Å². The minimum absolute atomic E-state index is 0.400. The molecule has 1 aliphatic rings. The fourth-order valence-electron chi connectivity index (χ4n) is 0.157. The predicted molar refractivity (Wildman–Crippen MR) is 43.1 cm³/mol. The van der Waals surface area contributed by atoms with Crippen LogP contribution in [0.15, 0.2) is 0 Å². The molecule has 0 spiro atoms. The Labute approximate surface area is 68.8 Å². The summed E-state index contributed by atoms with van der Waals surface area (Å²) in [7, 11) is 0. The topological polar surface area (TPSA) is 12.5 Å². The van der Waals surface area contributed by atoms with Gasteiger partial charge in [0.15, 0.2) is 0 Å². The molecule has 1 heterocycles. The number of hydrogen-bond acceptors (Lipinski definition) is 1. The largest absolute Gasteiger partial charge is 0.372 e. The molecule has 0 aromatic heterocycles. The van der Waals surface area contributed by atoms with Gasteiger partial charge in [0.2, 0.25) is 0 Å². The molecule has 0 aliphatic carbocycles. The van der Waals surface area contributed by atoms with Crippen LogP contribution in [0, 0.1) is 12.3 Å². The number of rotatable bonds is 1. The second-order valence-corrected chi connectivity index (χ2v) is 2.32. The molecular formula is C6H8BrClO. The fourth-order valence-corrected chi connectivity index (χ4v) is 0.335. The highest BCUT2D eigenvalue weighted by Gasteiger charge is 2.19. The van der Waals surface area contributed by atoms with Gasteiger partial charge in [0, 0.05) is 0 Å².